The van der Waals surface area contributed by atoms with E-state index >= 15 is 0 Å². The molecule has 10 atom stereocenters. The number of epoxide rings is 1. The summed E-state index contributed by atoms with van der Waals surface area (Å²) in [6.45, 7) is 12.4. The largest absolute Gasteiger partial charge is 0.454 e. The number of hydrogen-bond acceptors (Lipinski definition) is 10. The maximum Gasteiger partial charge on any atom is 0.341 e. The van der Waals surface area contributed by atoms with Gasteiger partial charge in [-0.25, -0.2) is 9.59 Å². The van der Waals surface area contributed by atoms with E-state index < -0.39 is 69.6 Å². The van der Waals surface area contributed by atoms with E-state index in [1.54, 1.807) is 6.92 Å². The fraction of sp³-hybridized carbons (Fsp3) is 0.778. The second-order valence-electron chi connectivity index (χ2n) is 12.9. The number of cyclic esters (lactones) is 2. The molecule has 0 aromatic heterocycles. The Morgan fingerprint density at radius 3 is 2.35 bits per heavy atom. The van der Waals surface area contributed by atoms with Gasteiger partial charge in [0.15, 0.2) is 11.9 Å². The molecule has 2 saturated carbocycles. The van der Waals surface area contributed by atoms with E-state index in [4.69, 9.17) is 23.7 Å². The SMILES string of the molecule is CC(=O)OC1C=C([C@@H]2OC(=O)[C@H]3O[C@@]34[C@@]2(C)CC[C@@H]2[C@]3(C)C(CC(=O)[C@]24C)C(C)(C)O[C@]3(C)O)C(=O)O1. The zero-order valence-corrected chi connectivity index (χ0v) is 22.2. The highest BCUT2D eigenvalue weighted by Gasteiger charge is 2.90. The fourth-order valence-corrected chi connectivity index (χ4v) is 9.31. The van der Waals surface area contributed by atoms with Gasteiger partial charge in [-0.1, -0.05) is 13.8 Å². The molecule has 2 aliphatic carbocycles. The summed E-state index contributed by atoms with van der Waals surface area (Å²) in [5.74, 6) is -4.16. The van der Waals surface area contributed by atoms with Crippen LogP contribution in [0.2, 0.25) is 0 Å². The van der Waals surface area contributed by atoms with E-state index in [1.807, 2.05) is 34.6 Å². The molecule has 0 aromatic carbocycles. The Balaban J connectivity index is 1.47. The number of esters is 3. The quantitative estimate of drug-likeness (QED) is 0.426. The summed E-state index contributed by atoms with van der Waals surface area (Å²) < 4.78 is 28.5. The summed E-state index contributed by atoms with van der Waals surface area (Å²) in [5, 5.41) is 11.6. The minimum atomic E-state index is -1.51. The molecule has 6 aliphatic rings. The van der Waals surface area contributed by atoms with Crippen LogP contribution in [0.5, 0.6) is 0 Å². The molecule has 37 heavy (non-hydrogen) atoms. The number of ether oxygens (including phenoxy) is 5. The maximum atomic E-state index is 14.2. The lowest BCUT2D eigenvalue weighted by Crippen LogP contribution is -2.73. The minimum absolute atomic E-state index is 0.0445. The first-order valence-electron chi connectivity index (χ1n) is 12.9. The fourth-order valence-electron chi connectivity index (χ4n) is 9.31. The monoisotopic (exact) mass is 518 g/mol. The zero-order chi connectivity index (χ0) is 27.1. The van der Waals surface area contributed by atoms with Gasteiger partial charge in [0.25, 0.3) is 6.29 Å². The van der Waals surface area contributed by atoms with Crippen LogP contribution in [0.4, 0.5) is 0 Å². The van der Waals surface area contributed by atoms with Crippen LogP contribution in [0, 0.1) is 28.1 Å². The minimum Gasteiger partial charge on any atom is -0.454 e. The molecule has 2 unspecified atom stereocenters. The molecule has 0 bridgehead atoms. The summed E-state index contributed by atoms with van der Waals surface area (Å²) >= 11 is 0. The van der Waals surface area contributed by atoms with Crippen molar-refractivity contribution in [1.29, 1.82) is 0 Å². The van der Waals surface area contributed by atoms with Crippen LogP contribution >= 0.6 is 0 Å². The third-order valence-corrected chi connectivity index (χ3v) is 11.0. The molecule has 0 radical (unpaired) electrons. The third kappa shape index (κ3) is 2.62. The first-order chi connectivity index (χ1) is 17.0. The lowest BCUT2D eigenvalue weighted by Gasteiger charge is -2.64. The molecule has 1 N–H and O–H groups in total. The predicted molar refractivity (Wildman–Crippen MR) is 123 cm³/mol. The van der Waals surface area contributed by atoms with Crippen LogP contribution in [-0.2, 0) is 42.9 Å². The van der Waals surface area contributed by atoms with Crippen LogP contribution in [0.3, 0.4) is 0 Å². The third-order valence-electron chi connectivity index (χ3n) is 11.0. The number of hydrogen-bond donors (Lipinski definition) is 1. The smallest absolute Gasteiger partial charge is 0.341 e. The van der Waals surface area contributed by atoms with Gasteiger partial charge in [0.2, 0.25) is 0 Å². The zero-order valence-electron chi connectivity index (χ0n) is 22.2. The Hall–Kier alpha value is -2.30. The van der Waals surface area contributed by atoms with Gasteiger partial charge >= 0.3 is 17.9 Å². The van der Waals surface area contributed by atoms with Crippen molar-refractivity contribution in [3.05, 3.63) is 11.6 Å². The Morgan fingerprint density at radius 1 is 1.03 bits per heavy atom. The number of Topliss-reactive ketones (excluding diaryl/α,β-unsaturated/α-hetero) is 1. The highest BCUT2D eigenvalue weighted by atomic mass is 16.7. The van der Waals surface area contributed by atoms with E-state index in [1.165, 1.54) is 13.0 Å². The number of rotatable bonds is 2. The molecule has 10 heteroatoms. The molecule has 4 heterocycles. The standard InChI is InChI=1S/C27H34O10/c1-12(28)33-17-10-13(20(30)34-17)18-23(4)9-8-14-24(5)15(22(2,3)37-26(24,7)32)11-16(29)25(14,6)27(23)19(36-27)21(31)35-18/h10,14-15,17-19,32H,8-9,11H2,1-7H3/t14-,15?,17?,18+,19-,23+,24-,25+,26+,27-/m1/s1. The van der Waals surface area contributed by atoms with E-state index in [2.05, 4.69) is 0 Å². The first kappa shape index (κ1) is 25.0. The molecule has 4 aliphatic heterocycles. The molecular formula is C27H34O10. The van der Waals surface area contributed by atoms with Crippen molar-refractivity contribution in [2.24, 2.45) is 28.1 Å². The summed E-state index contributed by atoms with van der Waals surface area (Å²) in [6, 6.07) is 0. The van der Waals surface area contributed by atoms with Gasteiger partial charge in [-0.3, -0.25) is 9.59 Å². The average molecular weight is 519 g/mol. The normalized spacial score (nSPS) is 53.1. The average Bonchev–Trinajstić information content (AvgIpc) is 3.42. The number of ketones is 1. The summed E-state index contributed by atoms with van der Waals surface area (Å²) in [4.78, 5) is 51.7. The van der Waals surface area contributed by atoms with Crippen molar-refractivity contribution in [3.63, 3.8) is 0 Å². The summed E-state index contributed by atoms with van der Waals surface area (Å²) in [6.07, 6.45) is -0.741. The lowest BCUT2D eigenvalue weighted by atomic mass is 9.37. The van der Waals surface area contributed by atoms with Crippen LogP contribution < -0.4 is 0 Å². The van der Waals surface area contributed by atoms with Gasteiger partial charge in [0.05, 0.1) is 16.6 Å². The van der Waals surface area contributed by atoms with Crippen molar-refractivity contribution in [2.75, 3.05) is 0 Å². The Bertz CT molecular complexity index is 1190. The summed E-state index contributed by atoms with van der Waals surface area (Å²) in [7, 11) is 0. The number of carbonyl (C=O) groups excluding carboxylic acids is 4. The molecular weight excluding hydrogens is 484 g/mol. The summed E-state index contributed by atoms with van der Waals surface area (Å²) in [5.41, 5.74) is -4.80. The van der Waals surface area contributed by atoms with Crippen molar-refractivity contribution < 1.29 is 48.0 Å². The highest BCUT2D eigenvalue weighted by molar-refractivity contribution is 5.96. The number of aliphatic hydroxyl groups is 1. The van der Waals surface area contributed by atoms with Gasteiger partial charge in [-0.05, 0) is 46.5 Å². The van der Waals surface area contributed by atoms with Crippen LogP contribution in [0.25, 0.3) is 0 Å². The predicted octanol–water partition coefficient (Wildman–Crippen LogP) is 1.96. The maximum absolute atomic E-state index is 14.2. The molecule has 1 spiro atoms. The van der Waals surface area contributed by atoms with Crippen molar-refractivity contribution in [3.8, 4) is 0 Å². The van der Waals surface area contributed by atoms with E-state index in [9.17, 15) is 24.3 Å². The van der Waals surface area contributed by atoms with Gasteiger partial charge in [-0.15, -0.1) is 0 Å². The first-order valence-corrected chi connectivity index (χ1v) is 12.9. The van der Waals surface area contributed by atoms with Crippen LogP contribution in [-0.4, -0.2) is 64.3 Å². The van der Waals surface area contributed by atoms with Gasteiger partial charge in [-0.2, -0.15) is 0 Å². The molecule has 6 rings (SSSR count). The van der Waals surface area contributed by atoms with E-state index in [-0.39, 0.29) is 29.6 Å². The van der Waals surface area contributed by atoms with Gasteiger partial charge < -0.3 is 28.8 Å². The number of fused-ring (bicyclic) bond motifs is 3. The van der Waals surface area contributed by atoms with Crippen molar-refractivity contribution >= 4 is 23.7 Å². The van der Waals surface area contributed by atoms with E-state index in [0.717, 1.165) is 0 Å². The van der Waals surface area contributed by atoms with Crippen LogP contribution in [0.15, 0.2) is 11.6 Å². The Kier molecular flexibility index (Phi) is 4.61. The lowest BCUT2D eigenvalue weighted by molar-refractivity contribution is -0.271. The number of carbonyl (C=O) groups is 4. The van der Waals surface area contributed by atoms with Gasteiger partial charge in [0.1, 0.15) is 17.5 Å². The topological polar surface area (TPSA) is 138 Å². The second kappa shape index (κ2) is 6.82. The van der Waals surface area contributed by atoms with Crippen LogP contribution in [0.1, 0.15) is 67.7 Å². The molecule has 5 fully saturated rings. The van der Waals surface area contributed by atoms with Crippen molar-refractivity contribution in [2.45, 2.75) is 103 Å². The molecule has 202 valence electrons. The second-order valence-corrected chi connectivity index (χ2v) is 12.9. The molecule has 10 nitrogen and oxygen atoms in total. The molecule has 3 saturated heterocycles. The highest BCUT2D eigenvalue weighted by Crippen LogP contribution is 2.79. The van der Waals surface area contributed by atoms with Crippen molar-refractivity contribution in [1.82, 2.24) is 0 Å². The Labute approximate surface area is 215 Å². The van der Waals surface area contributed by atoms with Gasteiger partial charge in [0, 0.05) is 36.2 Å². The van der Waals surface area contributed by atoms with E-state index in [0.29, 0.717) is 12.8 Å². The molecule has 0 amide bonds. The Morgan fingerprint density at radius 2 is 1.70 bits per heavy atom. The molecule has 0 aromatic rings.